The van der Waals surface area contributed by atoms with Crippen LogP contribution >= 0.6 is 11.6 Å². The van der Waals surface area contributed by atoms with E-state index >= 15 is 0 Å². The third kappa shape index (κ3) is 3.79. The molecule has 0 saturated carbocycles. The molecule has 1 aliphatic heterocycles. The molecule has 0 atom stereocenters. The van der Waals surface area contributed by atoms with Crippen molar-refractivity contribution < 1.29 is 0 Å². The fraction of sp³-hybridized carbons (Fsp3) is 0.529. The molecule has 1 aromatic carbocycles. The fourth-order valence-electron chi connectivity index (χ4n) is 3.10. The number of para-hydroxylation sites is 1. The van der Waals surface area contributed by atoms with Crippen molar-refractivity contribution in [2.24, 2.45) is 0 Å². The average molecular weight is 306 g/mol. The predicted molar refractivity (Wildman–Crippen MR) is 89.9 cm³/mol. The lowest BCUT2D eigenvalue weighted by Crippen LogP contribution is -2.32. The first-order chi connectivity index (χ1) is 10.3. The summed E-state index contributed by atoms with van der Waals surface area (Å²) in [7, 11) is 0. The summed E-state index contributed by atoms with van der Waals surface area (Å²) in [4.78, 5) is 5.98. The van der Waals surface area contributed by atoms with E-state index in [2.05, 4.69) is 27.3 Å². The van der Waals surface area contributed by atoms with Crippen LogP contribution in [0.25, 0.3) is 10.9 Å². The highest BCUT2D eigenvalue weighted by Gasteiger charge is 2.10. The van der Waals surface area contributed by atoms with E-state index in [1.165, 1.54) is 38.8 Å². The predicted octanol–water partition coefficient (Wildman–Crippen LogP) is 3.79. The second-order valence-electron chi connectivity index (χ2n) is 5.90. The van der Waals surface area contributed by atoms with Crippen molar-refractivity contribution >= 4 is 22.5 Å². The summed E-state index contributed by atoms with van der Waals surface area (Å²) in [6.45, 7) is 5.48. The van der Waals surface area contributed by atoms with Crippen LogP contribution in [0.1, 0.15) is 31.4 Å². The first-order valence-electron chi connectivity index (χ1n) is 8.03. The zero-order chi connectivity index (χ0) is 14.5. The van der Waals surface area contributed by atoms with Gasteiger partial charge in [0.2, 0.25) is 0 Å². The highest BCUT2D eigenvalue weighted by molar-refractivity contribution is 6.36. The summed E-state index contributed by atoms with van der Waals surface area (Å²) in [6.07, 6.45) is 5.50. The molecule has 21 heavy (non-hydrogen) atoms. The van der Waals surface area contributed by atoms with Crippen LogP contribution in [0, 0.1) is 0 Å². The van der Waals surface area contributed by atoms with Crippen LogP contribution in [0.5, 0.6) is 0 Å². The van der Waals surface area contributed by atoms with Gasteiger partial charge in [-0.3, -0.25) is 0 Å². The molecule has 3 nitrogen and oxygen atoms in total. The maximum Gasteiger partial charge on any atom is 0.0705 e. The van der Waals surface area contributed by atoms with Gasteiger partial charge < -0.3 is 15.2 Å². The van der Waals surface area contributed by atoms with Crippen LogP contribution in [-0.4, -0.2) is 36.1 Å². The molecule has 1 aliphatic rings. The SMILES string of the molecule is Clc1c(CNCCN2CCCCCC2)[nH]c2ccccc12. The number of fused-ring (bicyclic) bond motifs is 1. The number of hydrogen-bond acceptors (Lipinski definition) is 2. The van der Waals surface area contributed by atoms with E-state index in [4.69, 9.17) is 11.6 Å². The summed E-state index contributed by atoms with van der Waals surface area (Å²) in [5, 5.41) is 5.48. The van der Waals surface area contributed by atoms with Crippen molar-refractivity contribution in [1.29, 1.82) is 0 Å². The maximum atomic E-state index is 6.42. The number of H-pyrrole nitrogens is 1. The zero-order valence-electron chi connectivity index (χ0n) is 12.5. The monoisotopic (exact) mass is 305 g/mol. The first kappa shape index (κ1) is 14.9. The molecule has 0 aliphatic carbocycles. The third-order valence-electron chi connectivity index (χ3n) is 4.32. The topological polar surface area (TPSA) is 31.1 Å². The fourth-order valence-corrected chi connectivity index (χ4v) is 3.37. The van der Waals surface area contributed by atoms with Crippen LogP contribution in [0.3, 0.4) is 0 Å². The van der Waals surface area contributed by atoms with Crippen LogP contribution in [0.2, 0.25) is 5.02 Å². The molecule has 0 radical (unpaired) electrons. The van der Waals surface area contributed by atoms with Crippen LogP contribution in [-0.2, 0) is 6.54 Å². The molecule has 3 rings (SSSR count). The lowest BCUT2D eigenvalue weighted by molar-refractivity contribution is 0.284. The van der Waals surface area contributed by atoms with E-state index in [-0.39, 0.29) is 0 Å². The number of hydrogen-bond donors (Lipinski definition) is 2. The van der Waals surface area contributed by atoms with E-state index < -0.39 is 0 Å². The minimum atomic E-state index is 0.807. The molecule has 0 amide bonds. The van der Waals surface area contributed by atoms with E-state index in [1.54, 1.807) is 0 Å². The number of benzene rings is 1. The van der Waals surface area contributed by atoms with Gasteiger partial charge in [0.05, 0.1) is 5.02 Å². The van der Waals surface area contributed by atoms with Gasteiger partial charge in [-0.1, -0.05) is 42.6 Å². The lowest BCUT2D eigenvalue weighted by atomic mass is 10.2. The Morgan fingerprint density at radius 2 is 1.86 bits per heavy atom. The van der Waals surface area contributed by atoms with Gasteiger partial charge in [-0.2, -0.15) is 0 Å². The molecule has 1 saturated heterocycles. The number of aromatic nitrogens is 1. The highest BCUT2D eigenvalue weighted by Crippen LogP contribution is 2.26. The average Bonchev–Trinajstić information content (AvgIpc) is 2.69. The summed E-state index contributed by atoms with van der Waals surface area (Å²) >= 11 is 6.42. The molecule has 1 fully saturated rings. The summed E-state index contributed by atoms with van der Waals surface area (Å²) < 4.78 is 0. The van der Waals surface area contributed by atoms with Gasteiger partial charge in [-0.25, -0.2) is 0 Å². The molecule has 1 aromatic heterocycles. The molecule has 114 valence electrons. The largest absolute Gasteiger partial charge is 0.356 e. The van der Waals surface area contributed by atoms with E-state index in [9.17, 15) is 0 Å². The quantitative estimate of drug-likeness (QED) is 0.824. The van der Waals surface area contributed by atoms with Gasteiger partial charge in [0.15, 0.2) is 0 Å². The Hall–Kier alpha value is -1.03. The standard InChI is InChI=1S/C17H24ClN3/c18-17-14-7-3-4-8-15(14)20-16(17)13-19-9-12-21-10-5-1-2-6-11-21/h3-4,7-8,19-20H,1-2,5-6,9-13H2. The third-order valence-corrected chi connectivity index (χ3v) is 4.75. The van der Waals surface area contributed by atoms with Crippen LogP contribution < -0.4 is 5.32 Å². The van der Waals surface area contributed by atoms with Gasteiger partial charge in [-0.15, -0.1) is 0 Å². The Bertz CT molecular complexity index is 570. The smallest absolute Gasteiger partial charge is 0.0705 e. The molecule has 4 heteroatoms. The van der Waals surface area contributed by atoms with Gasteiger partial charge >= 0.3 is 0 Å². The number of halogens is 1. The Balaban J connectivity index is 1.49. The van der Waals surface area contributed by atoms with Crippen molar-refractivity contribution in [3.63, 3.8) is 0 Å². The first-order valence-corrected chi connectivity index (χ1v) is 8.40. The molecule has 2 aromatic rings. The number of nitrogens with one attached hydrogen (secondary N) is 2. The molecule has 2 heterocycles. The summed E-state index contributed by atoms with van der Waals surface area (Å²) in [5.41, 5.74) is 2.21. The Labute approximate surface area is 131 Å². The van der Waals surface area contributed by atoms with E-state index in [1.807, 2.05) is 12.1 Å². The van der Waals surface area contributed by atoms with Crippen LogP contribution in [0.15, 0.2) is 24.3 Å². The lowest BCUT2D eigenvalue weighted by Gasteiger charge is -2.19. The normalized spacial score (nSPS) is 17.2. The minimum absolute atomic E-state index is 0.807. The molecule has 0 spiro atoms. The van der Waals surface area contributed by atoms with Gasteiger partial charge in [0.1, 0.15) is 0 Å². The van der Waals surface area contributed by atoms with E-state index in [0.29, 0.717) is 0 Å². The number of aromatic amines is 1. The molecular weight excluding hydrogens is 282 g/mol. The van der Waals surface area contributed by atoms with E-state index in [0.717, 1.165) is 41.3 Å². The van der Waals surface area contributed by atoms with Gasteiger partial charge in [-0.05, 0) is 32.0 Å². The van der Waals surface area contributed by atoms with Crippen molar-refractivity contribution in [3.05, 3.63) is 35.0 Å². The highest BCUT2D eigenvalue weighted by atomic mass is 35.5. The molecule has 0 bridgehead atoms. The van der Waals surface area contributed by atoms with Gasteiger partial charge in [0, 0.05) is 36.2 Å². The number of nitrogens with zero attached hydrogens (tertiary/aromatic N) is 1. The maximum absolute atomic E-state index is 6.42. The van der Waals surface area contributed by atoms with Crippen molar-refractivity contribution in [3.8, 4) is 0 Å². The molecule has 2 N–H and O–H groups in total. The van der Waals surface area contributed by atoms with Crippen LogP contribution in [0.4, 0.5) is 0 Å². The Kier molecular flexibility index (Phi) is 5.17. The summed E-state index contributed by atoms with van der Waals surface area (Å²) in [6, 6.07) is 8.20. The number of rotatable bonds is 5. The minimum Gasteiger partial charge on any atom is -0.356 e. The number of likely N-dealkylation sites (tertiary alicyclic amines) is 1. The summed E-state index contributed by atoms with van der Waals surface area (Å²) in [5.74, 6) is 0. The van der Waals surface area contributed by atoms with Gasteiger partial charge in [0.25, 0.3) is 0 Å². The molecular formula is C17H24ClN3. The van der Waals surface area contributed by atoms with Crippen molar-refractivity contribution in [2.75, 3.05) is 26.2 Å². The Morgan fingerprint density at radius 1 is 1.10 bits per heavy atom. The zero-order valence-corrected chi connectivity index (χ0v) is 13.3. The second-order valence-corrected chi connectivity index (χ2v) is 6.27. The molecule has 0 unspecified atom stereocenters. The van der Waals surface area contributed by atoms with Crippen molar-refractivity contribution in [2.45, 2.75) is 32.2 Å². The van der Waals surface area contributed by atoms with Crippen molar-refractivity contribution in [1.82, 2.24) is 15.2 Å². The second kappa shape index (κ2) is 7.30. The Morgan fingerprint density at radius 3 is 2.62 bits per heavy atom.